The van der Waals surface area contributed by atoms with Crippen molar-refractivity contribution in [2.45, 2.75) is 39.2 Å². The number of carbonyl (C=O) groups is 1. The van der Waals surface area contributed by atoms with E-state index in [1.54, 1.807) is 0 Å². The van der Waals surface area contributed by atoms with Crippen LogP contribution in [0.5, 0.6) is 0 Å². The van der Waals surface area contributed by atoms with Gasteiger partial charge in [0.1, 0.15) is 4.99 Å². The van der Waals surface area contributed by atoms with Crippen molar-refractivity contribution >= 4 is 28.8 Å². The van der Waals surface area contributed by atoms with Crippen LogP contribution < -0.4 is 16.4 Å². The molecule has 1 amide bonds. The topological polar surface area (TPSA) is 80.0 Å². The molecular formula is C14H20N4OS. The molecule has 2 rings (SSSR count). The standard InChI is InChI=1S/C14H20N4OS/c1-8-7-11(13(14(15)20)9(2)17-8)16-6-5-12(19)18-10-3-4-10/h7,10H,3-6H2,1-2H3,(H2,15,20)(H,16,17)(H,18,19). The van der Waals surface area contributed by atoms with Gasteiger partial charge in [-0.25, -0.2) is 0 Å². The number of aryl methyl sites for hydroxylation is 2. The fraction of sp³-hybridized carbons (Fsp3) is 0.500. The van der Waals surface area contributed by atoms with Crippen LogP contribution in [0.4, 0.5) is 5.69 Å². The fourth-order valence-corrected chi connectivity index (χ4v) is 2.37. The Morgan fingerprint density at radius 1 is 1.50 bits per heavy atom. The van der Waals surface area contributed by atoms with E-state index in [-0.39, 0.29) is 5.91 Å². The zero-order chi connectivity index (χ0) is 14.7. The van der Waals surface area contributed by atoms with Crippen molar-refractivity contribution in [1.82, 2.24) is 10.3 Å². The maximum atomic E-state index is 11.6. The van der Waals surface area contributed by atoms with Crippen LogP contribution in [0, 0.1) is 13.8 Å². The quantitative estimate of drug-likeness (QED) is 0.691. The van der Waals surface area contributed by atoms with Gasteiger partial charge < -0.3 is 16.4 Å². The van der Waals surface area contributed by atoms with Crippen LogP contribution >= 0.6 is 12.2 Å². The number of nitrogens with two attached hydrogens (primary N) is 1. The van der Waals surface area contributed by atoms with Gasteiger partial charge in [0, 0.05) is 36.1 Å². The van der Waals surface area contributed by atoms with Gasteiger partial charge >= 0.3 is 0 Å². The van der Waals surface area contributed by atoms with Gasteiger partial charge in [-0.05, 0) is 32.8 Å². The Balaban J connectivity index is 1.97. The molecule has 1 saturated carbocycles. The average Bonchev–Trinajstić information content (AvgIpc) is 3.11. The van der Waals surface area contributed by atoms with E-state index in [4.69, 9.17) is 18.0 Å². The molecule has 0 atom stereocenters. The Hall–Kier alpha value is -1.69. The summed E-state index contributed by atoms with van der Waals surface area (Å²) in [4.78, 5) is 16.3. The molecule has 0 radical (unpaired) electrons. The summed E-state index contributed by atoms with van der Waals surface area (Å²) in [5.41, 5.74) is 9.05. The van der Waals surface area contributed by atoms with Crippen molar-refractivity contribution in [3.8, 4) is 0 Å². The molecule has 1 aliphatic carbocycles. The third kappa shape index (κ3) is 3.90. The molecule has 1 fully saturated rings. The van der Waals surface area contributed by atoms with Crippen molar-refractivity contribution < 1.29 is 4.79 Å². The van der Waals surface area contributed by atoms with E-state index in [1.165, 1.54) is 0 Å². The lowest BCUT2D eigenvalue weighted by molar-refractivity contribution is -0.120. The molecule has 20 heavy (non-hydrogen) atoms. The molecule has 1 aromatic rings. The van der Waals surface area contributed by atoms with Gasteiger partial charge in [-0.15, -0.1) is 0 Å². The van der Waals surface area contributed by atoms with E-state index in [2.05, 4.69) is 15.6 Å². The Morgan fingerprint density at radius 3 is 2.80 bits per heavy atom. The highest BCUT2D eigenvalue weighted by Crippen LogP contribution is 2.20. The van der Waals surface area contributed by atoms with Crippen molar-refractivity contribution in [3.05, 3.63) is 23.0 Å². The van der Waals surface area contributed by atoms with Crippen LogP contribution in [0.15, 0.2) is 6.07 Å². The molecular weight excluding hydrogens is 272 g/mol. The van der Waals surface area contributed by atoms with E-state index in [1.807, 2.05) is 19.9 Å². The van der Waals surface area contributed by atoms with Crippen LogP contribution in [0.3, 0.4) is 0 Å². The lowest BCUT2D eigenvalue weighted by Gasteiger charge is -2.14. The zero-order valence-corrected chi connectivity index (χ0v) is 12.6. The number of rotatable bonds is 6. The van der Waals surface area contributed by atoms with Gasteiger partial charge in [-0.1, -0.05) is 12.2 Å². The Bertz CT molecular complexity index is 540. The number of nitrogens with one attached hydrogen (secondary N) is 2. The van der Waals surface area contributed by atoms with E-state index in [0.29, 0.717) is 24.0 Å². The highest BCUT2D eigenvalue weighted by Gasteiger charge is 2.22. The summed E-state index contributed by atoms with van der Waals surface area (Å²) in [5, 5.41) is 6.19. The lowest BCUT2D eigenvalue weighted by atomic mass is 10.1. The largest absolute Gasteiger partial charge is 0.389 e. The molecule has 0 saturated heterocycles. The number of nitrogens with zero attached hydrogens (tertiary/aromatic N) is 1. The van der Waals surface area contributed by atoms with E-state index < -0.39 is 0 Å². The minimum absolute atomic E-state index is 0.0828. The molecule has 108 valence electrons. The fourth-order valence-electron chi connectivity index (χ4n) is 2.12. The predicted octanol–water partition coefficient (Wildman–Crippen LogP) is 1.41. The van der Waals surface area contributed by atoms with Crippen molar-refractivity contribution in [2.24, 2.45) is 5.73 Å². The SMILES string of the molecule is Cc1cc(NCCC(=O)NC2CC2)c(C(N)=S)c(C)n1. The molecule has 4 N–H and O–H groups in total. The second-order valence-electron chi connectivity index (χ2n) is 5.15. The first-order chi connectivity index (χ1) is 9.47. The van der Waals surface area contributed by atoms with Crippen LogP contribution in [0.25, 0.3) is 0 Å². The number of anilines is 1. The van der Waals surface area contributed by atoms with Crippen LogP contribution in [0.1, 0.15) is 36.2 Å². The van der Waals surface area contributed by atoms with E-state index in [9.17, 15) is 4.79 Å². The van der Waals surface area contributed by atoms with Crippen molar-refractivity contribution in [3.63, 3.8) is 0 Å². The highest BCUT2D eigenvalue weighted by atomic mass is 32.1. The molecule has 0 aromatic carbocycles. The van der Waals surface area contributed by atoms with Gasteiger partial charge in [0.05, 0.1) is 5.56 Å². The van der Waals surface area contributed by atoms with Gasteiger partial charge in [0.25, 0.3) is 0 Å². The molecule has 5 nitrogen and oxygen atoms in total. The summed E-state index contributed by atoms with van der Waals surface area (Å²) in [6.07, 6.45) is 2.65. The first kappa shape index (κ1) is 14.7. The average molecular weight is 292 g/mol. The number of carbonyl (C=O) groups excluding carboxylic acids is 1. The molecule has 0 aliphatic heterocycles. The van der Waals surface area contributed by atoms with Crippen molar-refractivity contribution in [1.29, 1.82) is 0 Å². The van der Waals surface area contributed by atoms with Crippen LogP contribution in [0.2, 0.25) is 0 Å². The van der Waals surface area contributed by atoms with E-state index >= 15 is 0 Å². The van der Waals surface area contributed by atoms with Gasteiger partial charge in [0.2, 0.25) is 5.91 Å². The molecule has 1 aliphatic rings. The highest BCUT2D eigenvalue weighted by molar-refractivity contribution is 7.80. The normalized spacial score (nSPS) is 13.9. The summed E-state index contributed by atoms with van der Waals surface area (Å²) >= 11 is 5.07. The second-order valence-corrected chi connectivity index (χ2v) is 5.59. The molecule has 0 bridgehead atoms. The number of aromatic nitrogens is 1. The molecule has 0 spiro atoms. The predicted molar refractivity (Wildman–Crippen MR) is 83.9 cm³/mol. The number of thiocarbonyl (C=S) groups is 1. The first-order valence-corrected chi connectivity index (χ1v) is 7.19. The Morgan fingerprint density at radius 2 is 2.20 bits per heavy atom. The summed E-state index contributed by atoms with van der Waals surface area (Å²) in [6.45, 7) is 4.35. The maximum Gasteiger partial charge on any atom is 0.221 e. The first-order valence-electron chi connectivity index (χ1n) is 6.78. The Labute approximate surface area is 124 Å². The third-order valence-corrected chi connectivity index (χ3v) is 3.39. The summed E-state index contributed by atoms with van der Waals surface area (Å²) in [6, 6.07) is 2.31. The van der Waals surface area contributed by atoms with Gasteiger partial charge in [-0.2, -0.15) is 0 Å². The maximum absolute atomic E-state index is 11.6. The summed E-state index contributed by atoms with van der Waals surface area (Å²) < 4.78 is 0. The number of hydrogen-bond donors (Lipinski definition) is 3. The minimum atomic E-state index is 0.0828. The lowest BCUT2D eigenvalue weighted by Crippen LogP contribution is -2.27. The molecule has 6 heteroatoms. The molecule has 0 unspecified atom stereocenters. The number of amides is 1. The summed E-state index contributed by atoms with van der Waals surface area (Å²) in [7, 11) is 0. The molecule has 1 heterocycles. The second kappa shape index (κ2) is 6.17. The van der Waals surface area contributed by atoms with Crippen LogP contribution in [-0.2, 0) is 4.79 Å². The minimum Gasteiger partial charge on any atom is -0.389 e. The smallest absolute Gasteiger partial charge is 0.221 e. The monoisotopic (exact) mass is 292 g/mol. The zero-order valence-electron chi connectivity index (χ0n) is 11.8. The molecule has 1 aromatic heterocycles. The van der Waals surface area contributed by atoms with Crippen molar-refractivity contribution in [2.75, 3.05) is 11.9 Å². The number of hydrogen-bond acceptors (Lipinski definition) is 4. The van der Waals surface area contributed by atoms with Gasteiger partial charge in [0.15, 0.2) is 0 Å². The van der Waals surface area contributed by atoms with Crippen LogP contribution in [-0.4, -0.2) is 28.5 Å². The van der Waals surface area contributed by atoms with E-state index in [0.717, 1.165) is 35.5 Å². The summed E-state index contributed by atoms with van der Waals surface area (Å²) in [5.74, 6) is 0.0828. The Kier molecular flexibility index (Phi) is 4.54. The third-order valence-electron chi connectivity index (χ3n) is 3.18. The van der Waals surface area contributed by atoms with Gasteiger partial charge in [-0.3, -0.25) is 9.78 Å². The number of pyridine rings is 1.